The minimum Gasteiger partial charge on any atom is -0.394 e. The van der Waals surface area contributed by atoms with E-state index in [0.29, 0.717) is 41.4 Å². The van der Waals surface area contributed by atoms with E-state index in [0.717, 1.165) is 22.0 Å². The zero-order valence-electron chi connectivity index (χ0n) is 21.8. The molecular weight excluding hydrogens is 501 g/mol. The van der Waals surface area contributed by atoms with Gasteiger partial charge in [0.25, 0.3) is 0 Å². The molecule has 0 fully saturated rings. The number of rotatable bonds is 11. The SMILES string of the molecule is [B]c1cnc(Nc2cccc(NC(=O)C(N)Cc3ccccc3)c2)nc1NC(CO)Cc1c[nH]c2ccccc12. The maximum absolute atomic E-state index is 12.7. The van der Waals surface area contributed by atoms with Crippen molar-refractivity contribution < 1.29 is 9.90 Å². The largest absolute Gasteiger partial charge is 0.394 e. The standard InChI is InChI=1S/C30H30BN7O2/c31-25-17-34-30(38-28(25)35-23(18-39)14-20-16-33-27-12-5-4-11-24(20)27)37-22-10-6-9-21(15-22)36-29(40)26(32)13-19-7-2-1-3-8-19/h1-12,15-17,23,26,33,39H,13-14,18,32H2,(H,36,40)(H2,34,35,37,38). The van der Waals surface area contributed by atoms with Gasteiger partial charge in [0.05, 0.1) is 18.7 Å². The molecule has 0 saturated carbocycles. The summed E-state index contributed by atoms with van der Waals surface area (Å²) in [5.74, 6) is 0.443. The van der Waals surface area contributed by atoms with Gasteiger partial charge in [0, 0.05) is 34.7 Å². The average Bonchev–Trinajstić information content (AvgIpc) is 3.37. The van der Waals surface area contributed by atoms with Gasteiger partial charge in [-0.2, -0.15) is 4.98 Å². The first-order valence-electron chi connectivity index (χ1n) is 13.0. The Morgan fingerprint density at radius 1 is 1.00 bits per heavy atom. The molecule has 0 bridgehead atoms. The monoisotopic (exact) mass is 531 g/mol. The van der Waals surface area contributed by atoms with Crippen molar-refractivity contribution in [2.75, 3.05) is 22.6 Å². The number of anilines is 4. The molecule has 9 nitrogen and oxygen atoms in total. The highest BCUT2D eigenvalue weighted by molar-refractivity contribution is 6.35. The maximum Gasteiger partial charge on any atom is 0.241 e. The molecule has 3 aromatic carbocycles. The summed E-state index contributed by atoms with van der Waals surface area (Å²) in [6.07, 6.45) is 4.47. The molecular formula is C30H30BN7O2. The van der Waals surface area contributed by atoms with Gasteiger partial charge in [-0.25, -0.2) is 4.98 Å². The average molecular weight is 531 g/mol. The summed E-state index contributed by atoms with van der Waals surface area (Å²) in [5.41, 5.74) is 10.9. The molecule has 2 atom stereocenters. The number of H-pyrrole nitrogens is 1. The fourth-order valence-electron chi connectivity index (χ4n) is 4.49. The Labute approximate surface area is 233 Å². The summed E-state index contributed by atoms with van der Waals surface area (Å²) in [6.45, 7) is -0.111. The second-order valence-corrected chi connectivity index (χ2v) is 9.58. The smallest absolute Gasteiger partial charge is 0.241 e. The summed E-state index contributed by atoms with van der Waals surface area (Å²) < 4.78 is 0. The number of hydrogen-bond donors (Lipinski definition) is 6. The van der Waals surface area contributed by atoms with E-state index in [1.165, 1.54) is 6.20 Å². The Morgan fingerprint density at radius 2 is 1.77 bits per heavy atom. The molecule has 7 N–H and O–H groups in total. The van der Waals surface area contributed by atoms with Gasteiger partial charge in [-0.05, 0) is 53.7 Å². The normalized spacial score (nSPS) is 12.6. The Morgan fingerprint density at radius 3 is 2.60 bits per heavy atom. The van der Waals surface area contributed by atoms with Gasteiger partial charge in [-0.3, -0.25) is 4.79 Å². The molecule has 0 aliphatic carbocycles. The third-order valence-corrected chi connectivity index (χ3v) is 6.54. The maximum atomic E-state index is 12.7. The molecule has 40 heavy (non-hydrogen) atoms. The van der Waals surface area contributed by atoms with Gasteiger partial charge in [0.15, 0.2) is 0 Å². The van der Waals surface area contributed by atoms with Crippen LogP contribution < -0.4 is 27.1 Å². The van der Waals surface area contributed by atoms with Crippen LogP contribution in [-0.4, -0.2) is 52.5 Å². The van der Waals surface area contributed by atoms with Crippen LogP contribution in [0.2, 0.25) is 0 Å². The van der Waals surface area contributed by atoms with E-state index in [1.807, 2.05) is 66.9 Å². The van der Waals surface area contributed by atoms with E-state index in [2.05, 4.69) is 30.9 Å². The molecule has 0 saturated heterocycles. The number of carbonyl (C=O) groups excluding carboxylic acids is 1. The topological polar surface area (TPSA) is 141 Å². The van der Waals surface area contributed by atoms with E-state index in [9.17, 15) is 9.90 Å². The van der Waals surface area contributed by atoms with Gasteiger partial charge in [0.2, 0.25) is 11.9 Å². The first-order chi connectivity index (χ1) is 19.5. The van der Waals surface area contributed by atoms with E-state index < -0.39 is 6.04 Å². The van der Waals surface area contributed by atoms with E-state index in [1.54, 1.807) is 18.2 Å². The van der Waals surface area contributed by atoms with Crippen LogP contribution in [0.1, 0.15) is 11.1 Å². The van der Waals surface area contributed by atoms with Crippen LogP contribution >= 0.6 is 0 Å². The van der Waals surface area contributed by atoms with Crippen molar-refractivity contribution in [1.29, 1.82) is 0 Å². The molecule has 5 aromatic rings. The minimum absolute atomic E-state index is 0.111. The number of nitrogens with two attached hydrogens (primary N) is 1. The lowest BCUT2D eigenvalue weighted by molar-refractivity contribution is -0.117. The van der Waals surface area contributed by atoms with E-state index in [4.69, 9.17) is 13.6 Å². The summed E-state index contributed by atoms with van der Waals surface area (Å²) in [4.78, 5) is 24.7. The highest BCUT2D eigenvalue weighted by Gasteiger charge is 2.16. The molecule has 0 spiro atoms. The van der Waals surface area contributed by atoms with Crippen molar-refractivity contribution in [3.63, 3.8) is 0 Å². The quantitative estimate of drug-likeness (QED) is 0.144. The number of hydrogen-bond acceptors (Lipinski definition) is 7. The Bertz CT molecular complexity index is 1590. The van der Waals surface area contributed by atoms with Crippen LogP contribution in [0.25, 0.3) is 10.9 Å². The lowest BCUT2D eigenvalue weighted by Gasteiger charge is -2.19. The molecule has 2 heterocycles. The molecule has 10 heteroatoms. The van der Waals surface area contributed by atoms with Gasteiger partial charge in [-0.1, -0.05) is 54.6 Å². The molecule has 2 unspecified atom stereocenters. The Kier molecular flexibility index (Phi) is 8.39. The van der Waals surface area contributed by atoms with Gasteiger partial charge in [-0.15, -0.1) is 0 Å². The second kappa shape index (κ2) is 12.5. The number of nitrogens with one attached hydrogen (secondary N) is 4. The van der Waals surface area contributed by atoms with Crippen LogP contribution in [-0.2, 0) is 17.6 Å². The summed E-state index contributed by atoms with van der Waals surface area (Å²) in [5, 5.41) is 20.4. The molecule has 200 valence electrons. The molecule has 2 radical (unpaired) electrons. The first kappa shape index (κ1) is 26.9. The number of aromatic amines is 1. The van der Waals surface area contributed by atoms with Crippen LogP contribution in [0.3, 0.4) is 0 Å². The molecule has 0 aliphatic heterocycles. The number of carbonyl (C=O) groups is 1. The van der Waals surface area contributed by atoms with Crippen molar-refractivity contribution >= 4 is 53.3 Å². The second-order valence-electron chi connectivity index (χ2n) is 9.58. The third-order valence-electron chi connectivity index (χ3n) is 6.54. The predicted octanol–water partition coefficient (Wildman–Crippen LogP) is 3.02. The minimum atomic E-state index is -0.684. The fourth-order valence-corrected chi connectivity index (χ4v) is 4.49. The van der Waals surface area contributed by atoms with Gasteiger partial charge >= 0.3 is 0 Å². The zero-order valence-corrected chi connectivity index (χ0v) is 21.8. The third kappa shape index (κ3) is 6.66. The zero-order chi connectivity index (χ0) is 27.9. The van der Waals surface area contributed by atoms with Crippen LogP contribution in [0.5, 0.6) is 0 Å². The van der Waals surface area contributed by atoms with E-state index >= 15 is 0 Å². The van der Waals surface area contributed by atoms with Crippen molar-refractivity contribution in [1.82, 2.24) is 15.0 Å². The first-order valence-corrected chi connectivity index (χ1v) is 13.0. The van der Waals surface area contributed by atoms with Crippen molar-refractivity contribution in [2.24, 2.45) is 5.73 Å². The van der Waals surface area contributed by atoms with E-state index in [-0.39, 0.29) is 18.6 Å². The Hall–Kier alpha value is -4.67. The lowest BCUT2D eigenvalue weighted by Crippen LogP contribution is -2.37. The lowest BCUT2D eigenvalue weighted by atomic mass is 9.98. The summed E-state index contributed by atoms with van der Waals surface area (Å²) in [6, 6.07) is 23.9. The van der Waals surface area contributed by atoms with Crippen molar-refractivity contribution in [2.45, 2.75) is 24.9 Å². The number of aliphatic hydroxyl groups excluding tert-OH is 1. The van der Waals surface area contributed by atoms with Crippen molar-refractivity contribution in [3.8, 4) is 0 Å². The molecule has 0 aliphatic rings. The number of para-hydroxylation sites is 1. The Balaban J connectivity index is 1.23. The highest BCUT2D eigenvalue weighted by Crippen LogP contribution is 2.21. The number of fused-ring (bicyclic) bond motifs is 1. The summed E-state index contributed by atoms with van der Waals surface area (Å²) in [7, 11) is 6.15. The number of aromatic nitrogens is 3. The van der Waals surface area contributed by atoms with Crippen LogP contribution in [0, 0.1) is 0 Å². The van der Waals surface area contributed by atoms with Crippen LogP contribution in [0.15, 0.2) is 91.3 Å². The molecule has 1 amide bonds. The fraction of sp³-hybridized carbons (Fsp3) is 0.167. The van der Waals surface area contributed by atoms with Gasteiger partial charge < -0.3 is 31.8 Å². The number of nitrogens with zero attached hydrogens (tertiary/aromatic N) is 2. The number of aliphatic hydroxyl groups is 1. The number of amides is 1. The molecule has 5 rings (SSSR count). The van der Waals surface area contributed by atoms with Gasteiger partial charge in [0.1, 0.15) is 13.7 Å². The number of benzene rings is 3. The van der Waals surface area contributed by atoms with Crippen LogP contribution in [0.4, 0.5) is 23.1 Å². The van der Waals surface area contributed by atoms with Crippen molar-refractivity contribution in [3.05, 3.63) is 102 Å². The molecule has 2 aromatic heterocycles. The highest BCUT2D eigenvalue weighted by atomic mass is 16.3. The summed E-state index contributed by atoms with van der Waals surface area (Å²) >= 11 is 0. The predicted molar refractivity (Wildman–Crippen MR) is 160 cm³/mol.